The van der Waals surface area contributed by atoms with Gasteiger partial charge >= 0.3 is 0 Å². The van der Waals surface area contributed by atoms with E-state index >= 15 is 0 Å². The monoisotopic (exact) mass is 253 g/mol. The summed E-state index contributed by atoms with van der Waals surface area (Å²) in [5.74, 6) is -0.250. The SMILES string of the molecule is CNC(=O)Cn1cc(NC(=O)CCC(C)N)cn1. The van der Waals surface area contributed by atoms with Crippen molar-refractivity contribution in [2.24, 2.45) is 5.73 Å². The van der Waals surface area contributed by atoms with Gasteiger partial charge in [-0.2, -0.15) is 5.10 Å². The van der Waals surface area contributed by atoms with E-state index in [1.54, 1.807) is 13.2 Å². The molecule has 0 aliphatic carbocycles. The first-order chi connectivity index (χ1) is 8.51. The molecule has 1 atom stereocenters. The Morgan fingerprint density at radius 3 is 2.83 bits per heavy atom. The zero-order chi connectivity index (χ0) is 13.5. The van der Waals surface area contributed by atoms with E-state index in [1.807, 2.05) is 6.92 Å². The van der Waals surface area contributed by atoms with Crippen molar-refractivity contribution in [3.63, 3.8) is 0 Å². The molecule has 0 saturated carbocycles. The third kappa shape index (κ3) is 4.96. The molecule has 100 valence electrons. The molecule has 0 aliphatic heterocycles. The van der Waals surface area contributed by atoms with Crippen LogP contribution in [0.2, 0.25) is 0 Å². The maximum Gasteiger partial charge on any atom is 0.241 e. The van der Waals surface area contributed by atoms with Gasteiger partial charge in [0, 0.05) is 25.7 Å². The average molecular weight is 253 g/mol. The van der Waals surface area contributed by atoms with E-state index < -0.39 is 0 Å². The second-order valence-electron chi connectivity index (χ2n) is 4.16. The summed E-state index contributed by atoms with van der Waals surface area (Å²) in [6, 6.07) is 0.00623. The predicted molar refractivity (Wildman–Crippen MR) is 67.8 cm³/mol. The number of hydrogen-bond acceptors (Lipinski definition) is 4. The Hall–Kier alpha value is -1.89. The number of carbonyl (C=O) groups excluding carboxylic acids is 2. The van der Waals surface area contributed by atoms with Crippen molar-refractivity contribution < 1.29 is 9.59 Å². The van der Waals surface area contributed by atoms with Crippen molar-refractivity contribution in [2.45, 2.75) is 32.4 Å². The molecule has 7 nitrogen and oxygen atoms in total. The zero-order valence-corrected chi connectivity index (χ0v) is 10.6. The Balaban J connectivity index is 2.43. The number of hydrogen-bond donors (Lipinski definition) is 3. The lowest BCUT2D eigenvalue weighted by atomic mass is 10.2. The molecule has 7 heteroatoms. The first-order valence-electron chi connectivity index (χ1n) is 5.79. The fraction of sp³-hybridized carbons (Fsp3) is 0.545. The molecular formula is C11H19N5O2. The maximum absolute atomic E-state index is 11.5. The van der Waals surface area contributed by atoms with Crippen LogP contribution in [0.5, 0.6) is 0 Å². The third-order valence-electron chi connectivity index (χ3n) is 2.33. The van der Waals surface area contributed by atoms with Gasteiger partial charge in [-0.15, -0.1) is 0 Å². The highest BCUT2D eigenvalue weighted by molar-refractivity contribution is 5.90. The lowest BCUT2D eigenvalue weighted by Crippen LogP contribution is -2.23. The highest BCUT2D eigenvalue weighted by Crippen LogP contribution is 2.06. The third-order valence-corrected chi connectivity index (χ3v) is 2.33. The molecule has 0 spiro atoms. The van der Waals surface area contributed by atoms with Crippen molar-refractivity contribution in [1.29, 1.82) is 0 Å². The molecule has 4 N–H and O–H groups in total. The topological polar surface area (TPSA) is 102 Å². The smallest absolute Gasteiger partial charge is 0.241 e. The fourth-order valence-electron chi connectivity index (χ4n) is 1.32. The van der Waals surface area contributed by atoms with E-state index in [2.05, 4.69) is 15.7 Å². The molecule has 18 heavy (non-hydrogen) atoms. The van der Waals surface area contributed by atoms with Crippen LogP contribution in [0.25, 0.3) is 0 Å². The van der Waals surface area contributed by atoms with Crippen LogP contribution in [0.15, 0.2) is 12.4 Å². The van der Waals surface area contributed by atoms with Crippen LogP contribution < -0.4 is 16.4 Å². The van der Waals surface area contributed by atoms with Gasteiger partial charge in [-0.3, -0.25) is 14.3 Å². The number of rotatable bonds is 6. The van der Waals surface area contributed by atoms with Gasteiger partial charge < -0.3 is 16.4 Å². The summed E-state index contributed by atoms with van der Waals surface area (Å²) in [7, 11) is 1.56. The van der Waals surface area contributed by atoms with Gasteiger partial charge in [0.2, 0.25) is 11.8 Å². The van der Waals surface area contributed by atoms with E-state index in [-0.39, 0.29) is 24.4 Å². The van der Waals surface area contributed by atoms with Gasteiger partial charge in [-0.1, -0.05) is 0 Å². The molecule has 2 amide bonds. The second-order valence-corrected chi connectivity index (χ2v) is 4.16. The summed E-state index contributed by atoms with van der Waals surface area (Å²) in [6.07, 6.45) is 4.13. The summed E-state index contributed by atoms with van der Waals surface area (Å²) in [5, 5.41) is 9.16. The standard InChI is InChI=1S/C11H19N5O2/c1-8(12)3-4-10(17)15-9-5-14-16(6-9)7-11(18)13-2/h5-6,8H,3-4,7,12H2,1-2H3,(H,13,18)(H,15,17). The van der Waals surface area contributed by atoms with Gasteiger partial charge in [-0.05, 0) is 13.3 Å². The van der Waals surface area contributed by atoms with Gasteiger partial charge in [-0.25, -0.2) is 0 Å². The highest BCUT2D eigenvalue weighted by Gasteiger charge is 2.07. The van der Waals surface area contributed by atoms with Crippen molar-refractivity contribution in [3.8, 4) is 0 Å². The molecule has 0 aromatic carbocycles. The Labute approximate surface area is 106 Å². The van der Waals surface area contributed by atoms with E-state index in [9.17, 15) is 9.59 Å². The number of nitrogens with two attached hydrogens (primary N) is 1. The van der Waals surface area contributed by atoms with E-state index in [0.717, 1.165) is 0 Å². The van der Waals surface area contributed by atoms with Gasteiger partial charge in [0.05, 0.1) is 11.9 Å². The van der Waals surface area contributed by atoms with Gasteiger partial charge in [0.15, 0.2) is 0 Å². The molecular weight excluding hydrogens is 234 g/mol. The fourth-order valence-corrected chi connectivity index (χ4v) is 1.32. The number of nitrogens with zero attached hydrogens (tertiary/aromatic N) is 2. The lowest BCUT2D eigenvalue weighted by molar-refractivity contribution is -0.121. The Kier molecular flexibility index (Phi) is 5.31. The van der Waals surface area contributed by atoms with Crippen LogP contribution in [0.3, 0.4) is 0 Å². The van der Waals surface area contributed by atoms with Crippen molar-refractivity contribution in [1.82, 2.24) is 15.1 Å². The van der Waals surface area contributed by atoms with E-state index in [1.165, 1.54) is 10.9 Å². The first kappa shape index (κ1) is 14.2. The minimum Gasteiger partial charge on any atom is -0.358 e. The van der Waals surface area contributed by atoms with Crippen LogP contribution in [-0.4, -0.2) is 34.7 Å². The maximum atomic E-state index is 11.5. The molecule has 0 fully saturated rings. The van der Waals surface area contributed by atoms with Crippen LogP contribution >= 0.6 is 0 Å². The molecule has 1 rings (SSSR count). The summed E-state index contributed by atoms with van der Waals surface area (Å²) in [6.45, 7) is 1.99. The Bertz CT molecular complexity index is 413. The number of anilines is 1. The minimum atomic E-state index is -0.145. The Morgan fingerprint density at radius 2 is 2.22 bits per heavy atom. The molecule has 0 aliphatic rings. The molecule has 0 bridgehead atoms. The number of likely N-dealkylation sites (N-methyl/N-ethyl adjacent to an activating group) is 1. The summed E-state index contributed by atoms with van der Waals surface area (Å²) < 4.78 is 1.46. The molecule has 1 heterocycles. The van der Waals surface area contributed by atoms with Crippen LogP contribution in [0.1, 0.15) is 19.8 Å². The van der Waals surface area contributed by atoms with Crippen LogP contribution in [0.4, 0.5) is 5.69 Å². The quantitative estimate of drug-likeness (QED) is 0.647. The van der Waals surface area contributed by atoms with E-state index in [4.69, 9.17) is 5.73 Å². The van der Waals surface area contributed by atoms with Crippen LogP contribution in [0, 0.1) is 0 Å². The average Bonchev–Trinajstić information content (AvgIpc) is 2.73. The van der Waals surface area contributed by atoms with Crippen molar-refractivity contribution >= 4 is 17.5 Å². The van der Waals surface area contributed by atoms with Gasteiger partial charge in [0.1, 0.15) is 6.54 Å². The number of carbonyl (C=O) groups is 2. The number of nitrogens with one attached hydrogen (secondary N) is 2. The zero-order valence-electron chi connectivity index (χ0n) is 10.6. The lowest BCUT2D eigenvalue weighted by Gasteiger charge is -2.04. The largest absolute Gasteiger partial charge is 0.358 e. The van der Waals surface area contributed by atoms with Crippen molar-refractivity contribution in [2.75, 3.05) is 12.4 Å². The first-order valence-corrected chi connectivity index (χ1v) is 5.79. The summed E-state index contributed by atoms with van der Waals surface area (Å²) in [4.78, 5) is 22.6. The van der Waals surface area contributed by atoms with Gasteiger partial charge in [0.25, 0.3) is 0 Å². The molecule has 0 saturated heterocycles. The number of amides is 2. The summed E-state index contributed by atoms with van der Waals surface area (Å²) >= 11 is 0. The molecule has 1 aromatic heterocycles. The second kappa shape index (κ2) is 6.75. The molecule has 1 unspecified atom stereocenters. The summed E-state index contributed by atoms with van der Waals surface area (Å²) in [5.41, 5.74) is 6.14. The molecule has 0 radical (unpaired) electrons. The van der Waals surface area contributed by atoms with E-state index in [0.29, 0.717) is 18.5 Å². The Morgan fingerprint density at radius 1 is 1.50 bits per heavy atom. The normalized spacial score (nSPS) is 11.9. The van der Waals surface area contributed by atoms with Crippen LogP contribution in [-0.2, 0) is 16.1 Å². The molecule has 1 aromatic rings. The minimum absolute atomic E-state index is 0.00623. The number of aromatic nitrogens is 2. The van der Waals surface area contributed by atoms with Crippen molar-refractivity contribution in [3.05, 3.63) is 12.4 Å². The predicted octanol–water partition coefficient (Wildman–Crippen LogP) is -0.305. The highest BCUT2D eigenvalue weighted by atomic mass is 16.2.